The predicted molar refractivity (Wildman–Crippen MR) is 143 cm³/mol. The summed E-state index contributed by atoms with van der Waals surface area (Å²) in [6, 6.07) is 22.2. The third-order valence-electron chi connectivity index (χ3n) is 6.70. The number of pyridine rings is 1. The molecule has 1 N–H and O–H groups in total. The van der Waals surface area contributed by atoms with Gasteiger partial charge in [0.15, 0.2) is 5.82 Å². The fourth-order valence-electron chi connectivity index (χ4n) is 4.82. The molecule has 2 aromatic carbocycles. The number of hydrogen-bond donors (Lipinski definition) is 1. The SMILES string of the molecule is CCC[C@@H](c1nnnn1CCc1ccccc1)N(Cc1ccco1)Cc1cc2cc(C)ccc2[nH]c1=O. The molecule has 0 aliphatic rings. The molecule has 37 heavy (non-hydrogen) atoms. The van der Waals surface area contributed by atoms with Gasteiger partial charge in [0.1, 0.15) is 5.76 Å². The highest BCUT2D eigenvalue weighted by atomic mass is 16.3. The third kappa shape index (κ3) is 5.86. The van der Waals surface area contributed by atoms with Crippen molar-refractivity contribution in [3.05, 3.63) is 112 Å². The van der Waals surface area contributed by atoms with Crippen LogP contribution in [0.15, 0.2) is 82.2 Å². The maximum atomic E-state index is 13.1. The number of H-pyrrole nitrogens is 1. The molecule has 0 unspecified atom stereocenters. The van der Waals surface area contributed by atoms with E-state index in [4.69, 9.17) is 4.42 Å². The first kappa shape index (κ1) is 24.6. The van der Waals surface area contributed by atoms with Crippen LogP contribution in [0.4, 0.5) is 0 Å². The Balaban J connectivity index is 1.48. The van der Waals surface area contributed by atoms with Gasteiger partial charge >= 0.3 is 0 Å². The Morgan fingerprint density at radius 3 is 2.70 bits per heavy atom. The lowest BCUT2D eigenvalue weighted by Crippen LogP contribution is -2.32. The number of aromatic nitrogens is 5. The van der Waals surface area contributed by atoms with Gasteiger partial charge in [-0.15, -0.1) is 5.10 Å². The van der Waals surface area contributed by atoms with Gasteiger partial charge in [-0.05, 0) is 71.5 Å². The second-order valence-corrected chi connectivity index (χ2v) is 9.50. The topological polar surface area (TPSA) is 92.8 Å². The van der Waals surface area contributed by atoms with E-state index in [1.54, 1.807) is 6.26 Å². The van der Waals surface area contributed by atoms with Crippen molar-refractivity contribution in [2.45, 2.75) is 58.8 Å². The number of fused-ring (bicyclic) bond motifs is 1. The van der Waals surface area contributed by atoms with Crippen molar-refractivity contribution < 1.29 is 4.42 Å². The number of nitrogens with zero attached hydrogens (tertiary/aromatic N) is 5. The number of benzene rings is 2. The summed E-state index contributed by atoms with van der Waals surface area (Å²) in [6.07, 6.45) is 4.30. The van der Waals surface area contributed by atoms with Crippen LogP contribution in [0.3, 0.4) is 0 Å². The summed E-state index contributed by atoms with van der Waals surface area (Å²) in [4.78, 5) is 18.4. The number of aryl methyl sites for hydroxylation is 3. The van der Waals surface area contributed by atoms with Crippen molar-refractivity contribution in [2.24, 2.45) is 0 Å². The zero-order chi connectivity index (χ0) is 25.6. The lowest BCUT2D eigenvalue weighted by molar-refractivity contribution is 0.144. The maximum Gasteiger partial charge on any atom is 0.252 e. The standard InChI is InChI=1S/C29H32N6O2/c1-3-8-27(28-31-32-33-35(28)15-14-22-9-5-4-6-10-22)34(20-25-11-7-16-37-25)19-24-18-23-17-21(2)12-13-26(23)30-29(24)36/h4-7,9-13,16-18,27H,3,8,14-15,19-20H2,1-2H3,(H,30,36)/t27-/m0/s1. The molecule has 0 radical (unpaired) electrons. The highest BCUT2D eigenvalue weighted by Crippen LogP contribution is 2.28. The van der Waals surface area contributed by atoms with Crippen LogP contribution in [0, 0.1) is 6.92 Å². The number of nitrogens with one attached hydrogen (secondary N) is 1. The molecular formula is C29H32N6O2. The molecule has 0 spiro atoms. The molecule has 3 heterocycles. The molecule has 0 saturated carbocycles. The summed E-state index contributed by atoms with van der Waals surface area (Å²) in [7, 11) is 0. The van der Waals surface area contributed by atoms with Crippen molar-refractivity contribution in [3.8, 4) is 0 Å². The minimum Gasteiger partial charge on any atom is -0.468 e. The Kier molecular flexibility index (Phi) is 7.56. The number of rotatable bonds is 11. The summed E-state index contributed by atoms with van der Waals surface area (Å²) in [5.74, 6) is 1.63. The second kappa shape index (κ2) is 11.3. The van der Waals surface area contributed by atoms with Crippen LogP contribution in [0.5, 0.6) is 0 Å². The number of hydrogen-bond acceptors (Lipinski definition) is 6. The Morgan fingerprint density at radius 2 is 1.92 bits per heavy atom. The van der Waals surface area contributed by atoms with Gasteiger partial charge in [-0.2, -0.15) is 0 Å². The minimum absolute atomic E-state index is 0.0836. The number of tetrazole rings is 1. The van der Waals surface area contributed by atoms with E-state index < -0.39 is 0 Å². The van der Waals surface area contributed by atoms with Crippen molar-refractivity contribution >= 4 is 10.9 Å². The van der Waals surface area contributed by atoms with E-state index in [2.05, 4.69) is 57.5 Å². The van der Waals surface area contributed by atoms with E-state index in [0.29, 0.717) is 25.2 Å². The van der Waals surface area contributed by atoms with Crippen LogP contribution < -0.4 is 5.56 Å². The van der Waals surface area contributed by atoms with Crippen LogP contribution in [0.2, 0.25) is 0 Å². The summed E-state index contributed by atoms with van der Waals surface area (Å²) in [5, 5.41) is 13.9. The van der Waals surface area contributed by atoms with Crippen molar-refractivity contribution in [3.63, 3.8) is 0 Å². The molecular weight excluding hydrogens is 464 g/mol. The number of aromatic amines is 1. The monoisotopic (exact) mass is 496 g/mol. The van der Waals surface area contributed by atoms with E-state index in [1.165, 1.54) is 5.56 Å². The van der Waals surface area contributed by atoms with Gasteiger partial charge < -0.3 is 9.40 Å². The third-order valence-corrected chi connectivity index (χ3v) is 6.70. The first-order chi connectivity index (χ1) is 18.1. The molecule has 3 aromatic heterocycles. The summed E-state index contributed by atoms with van der Waals surface area (Å²) in [5.41, 5.74) is 3.85. The van der Waals surface area contributed by atoms with Gasteiger partial charge in [0.25, 0.3) is 5.56 Å². The van der Waals surface area contributed by atoms with Gasteiger partial charge in [0.2, 0.25) is 0 Å². The normalized spacial score (nSPS) is 12.4. The number of furan rings is 1. The first-order valence-corrected chi connectivity index (χ1v) is 12.8. The van der Waals surface area contributed by atoms with Crippen LogP contribution in [-0.2, 0) is 26.1 Å². The molecule has 0 fully saturated rings. The average molecular weight is 497 g/mol. The highest BCUT2D eigenvalue weighted by Gasteiger charge is 2.27. The van der Waals surface area contributed by atoms with Crippen LogP contribution in [-0.4, -0.2) is 30.1 Å². The Morgan fingerprint density at radius 1 is 1.05 bits per heavy atom. The Labute approximate surface area is 215 Å². The minimum atomic E-state index is -0.0894. The van der Waals surface area contributed by atoms with E-state index in [1.807, 2.05) is 53.2 Å². The lowest BCUT2D eigenvalue weighted by atomic mass is 10.1. The van der Waals surface area contributed by atoms with Crippen LogP contribution in [0.25, 0.3) is 10.9 Å². The summed E-state index contributed by atoms with van der Waals surface area (Å²) >= 11 is 0. The predicted octanol–water partition coefficient (Wildman–Crippen LogP) is 5.20. The highest BCUT2D eigenvalue weighted by molar-refractivity contribution is 5.79. The van der Waals surface area contributed by atoms with Crippen molar-refractivity contribution in [1.82, 2.24) is 30.1 Å². The molecule has 1 atom stereocenters. The van der Waals surface area contributed by atoms with E-state index in [0.717, 1.165) is 47.3 Å². The van der Waals surface area contributed by atoms with Gasteiger partial charge in [-0.25, -0.2) is 4.68 Å². The van der Waals surface area contributed by atoms with E-state index in [-0.39, 0.29) is 11.6 Å². The molecule has 0 bridgehead atoms. The second-order valence-electron chi connectivity index (χ2n) is 9.50. The largest absolute Gasteiger partial charge is 0.468 e. The molecule has 8 nitrogen and oxygen atoms in total. The molecule has 0 saturated heterocycles. The summed E-state index contributed by atoms with van der Waals surface area (Å²) in [6.45, 7) is 5.86. The zero-order valence-electron chi connectivity index (χ0n) is 21.3. The summed E-state index contributed by atoms with van der Waals surface area (Å²) < 4.78 is 7.61. The lowest BCUT2D eigenvalue weighted by Gasteiger charge is -2.30. The fraction of sp³-hybridized carbons (Fsp3) is 0.310. The molecule has 5 rings (SSSR count). The Hall–Kier alpha value is -4.04. The molecule has 5 aromatic rings. The Bertz CT molecular complexity index is 1490. The molecule has 8 heteroatoms. The fourth-order valence-corrected chi connectivity index (χ4v) is 4.82. The van der Waals surface area contributed by atoms with Gasteiger partial charge in [-0.1, -0.05) is 55.3 Å². The van der Waals surface area contributed by atoms with Crippen molar-refractivity contribution in [1.29, 1.82) is 0 Å². The zero-order valence-corrected chi connectivity index (χ0v) is 21.3. The van der Waals surface area contributed by atoms with Gasteiger partial charge in [-0.3, -0.25) is 9.69 Å². The molecule has 190 valence electrons. The van der Waals surface area contributed by atoms with E-state index >= 15 is 0 Å². The molecule has 0 aliphatic carbocycles. The smallest absolute Gasteiger partial charge is 0.252 e. The van der Waals surface area contributed by atoms with Crippen molar-refractivity contribution in [2.75, 3.05) is 0 Å². The van der Waals surface area contributed by atoms with Gasteiger partial charge in [0.05, 0.1) is 18.8 Å². The van der Waals surface area contributed by atoms with E-state index in [9.17, 15) is 4.79 Å². The average Bonchev–Trinajstić information content (AvgIpc) is 3.59. The van der Waals surface area contributed by atoms with Crippen LogP contribution in [0.1, 0.15) is 54.1 Å². The first-order valence-electron chi connectivity index (χ1n) is 12.8. The quantitative estimate of drug-likeness (QED) is 0.270. The molecule has 0 amide bonds. The van der Waals surface area contributed by atoms with Gasteiger partial charge in [0, 0.05) is 24.2 Å². The maximum absolute atomic E-state index is 13.1. The molecule has 0 aliphatic heterocycles. The van der Waals surface area contributed by atoms with Crippen LogP contribution >= 0.6 is 0 Å².